The van der Waals surface area contributed by atoms with Crippen LogP contribution in [0.5, 0.6) is 0 Å². The van der Waals surface area contributed by atoms with Crippen LogP contribution in [0, 0.1) is 5.92 Å². The van der Waals surface area contributed by atoms with Crippen molar-refractivity contribution in [2.45, 2.75) is 50.7 Å². The molecule has 1 aliphatic heterocycles. The molecule has 0 saturated heterocycles. The van der Waals surface area contributed by atoms with Gasteiger partial charge in [0.15, 0.2) is 5.82 Å². The maximum absolute atomic E-state index is 12.8. The average Bonchev–Trinajstić information content (AvgIpc) is 3.07. The van der Waals surface area contributed by atoms with E-state index in [-0.39, 0.29) is 17.9 Å². The molecule has 174 valence electrons. The molecule has 10 heteroatoms. The van der Waals surface area contributed by atoms with Crippen molar-refractivity contribution in [1.82, 2.24) is 30.0 Å². The zero-order valence-electron chi connectivity index (χ0n) is 19.0. The van der Waals surface area contributed by atoms with Gasteiger partial charge in [0.25, 0.3) is 0 Å². The summed E-state index contributed by atoms with van der Waals surface area (Å²) in [6.45, 7) is 6.42. The predicted molar refractivity (Wildman–Crippen MR) is 122 cm³/mol. The van der Waals surface area contributed by atoms with Gasteiger partial charge in [-0.15, -0.1) is 10.2 Å². The van der Waals surface area contributed by atoms with Crippen LogP contribution in [0.3, 0.4) is 0 Å². The standard InChI is InChI=1S/C22H32N6O3S/c1-16(2)14-17(24-19(29)8-13-31-3)22-26-25-18-7-10-27(11-12-28(18)22)21(30)15-32-20-6-4-5-9-23-20/h4-6,9,16-17H,7-8,10-15H2,1-3H3,(H,24,29)/t17-/m1/s1. The maximum Gasteiger partial charge on any atom is 0.233 e. The van der Waals surface area contributed by atoms with E-state index in [1.165, 1.54) is 11.8 Å². The third-order valence-electron chi connectivity index (χ3n) is 5.28. The summed E-state index contributed by atoms with van der Waals surface area (Å²) in [5.74, 6) is 2.38. The van der Waals surface area contributed by atoms with Gasteiger partial charge in [0.2, 0.25) is 11.8 Å². The predicted octanol–water partition coefficient (Wildman–Crippen LogP) is 2.09. The van der Waals surface area contributed by atoms with Crippen LogP contribution in [0.15, 0.2) is 29.4 Å². The van der Waals surface area contributed by atoms with Crippen LogP contribution in [-0.4, -0.2) is 69.0 Å². The molecule has 1 atom stereocenters. The molecule has 32 heavy (non-hydrogen) atoms. The Morgan fingerprint density at radius 1 is 1.22 bits per heavy atom. The number of nitrogens with zero attached hydrogens (tertiary/aromatic N) is 5. The average molecular weight is 461 g/mol. The first kappa shape index (κ1) is 24.2. The number of carbonyl (C=O) groups is 2. The van der Waals surface area contributed by atoms with Gasteiger partial charge in [-0.3, -0.25) is 9.59 Å². The monoisotopic (exact) mass is 460 g/mol. The first-order valence-corrected chi connectivity index (χ1v) is 12.0. The number of hydrogen-bond acceptors (Lipinski definition) is 7. The molecule has 0 fully saturated rings. The van der Waals surface area contributed by atoms with Crippen molar-refractivity contribution in [2.75, 3.05) is 32.6 Å². The van der Waals surface area contributed by atoms with Crippen LogP contribution < -0.4 is 5.32 Å². The molecular weight excluding hydrogens is 428 g/mol. The van der Waals surface area contributed by atoms with Gasteiger partial charge in [-0.2, -0.15) is 0 Å². The summed E-state index contributed by atoms with van der Waals surface area (Å²) in [5, 5.41) is 12.7. The van der Waals surface area contributed by atoms with E-state index in [0.29, 0.717) is 50.8 Å². The molecule has 2 amide bonds. The first-order chi connectivity index (χ1) is 15.5. The molecule has 0 unspecified atom stereocenters. The van der Waals surface area contributed by atoms with Gasteiger partial charge in [-0.1, -0.05) is 31.7 Å². The van der Waals surface area contributed by atoms with Crippen molar-refractivity contribution in [1.29, 1.82) is 0 Å². The summed E-state index contributed by atoms with van der Waals surface area (Å²) in [5.41, 5.74) is 0. The van der Waals surface area contributed by atoms with Crippen LogP contribution in [0.2, 0.25) is 0 Å². The second kappa shape index (κ2) is 12.0. The zero-order chi connectivity index (χ0) is 22.9. The molecular formula is C22H32N6O3S. The van der Waals surface area contributed by atoms with Gasteiger partial charge in [0.1, 0.15) is 5.82 Å². The molecule has 1 aliphatic rings. The molecule has 3 rings (SSSR count). The fraction of sp³-hybridized carbons (Fsp3) is 0.591. The maximum atomic E-state index is 12.8. The highest BCUT2D eigenvalue weighted by Gasteiger charge is 2.27. The van der Waals surface area contributed by atoms with Crippen molar-refractivity contribution in [3.05, 3.63) is 36.0 Å². The molecule has 3 heterocycles. The summed E-state index contributed by atoms with van der Waals surface area (Å²) < 4.78 is 7.09. The number of carbonyl (C=O) groups excluding carboxylic acids is 2. The molecule has 2 aromatic heterocycles. The summed E-state index contributed by atoms with van der Waals surface area (Å²) in [4.78, 5) is 31.3. The highest BCUT2D eigenvalue weighted by molar-refractivity contribution is 7.99. The van der Waals surface area contributed by atoms with E-state index in [1.807, 2.05) is 23.1 Å². The first-order valence-electron chi connectivity index (χ1n) is 11.0. The molecule has 0 aliphatic carbocycles. The van der Waals surface area contributed by atoms with Crippen LogP contribution in [0.4, 0.5) is 0 Å². The lowest BCUT2D eigenvalue weighted by Crippen LogP contribution is -2.35. The molecule has 0 aromatic carbocycles. The third kappa shape index (κ3) is 6.77. The van der Waals surface area contributed by atoms with E-state index in [0.717, 1.165) is 23.1 Å². The van der Waals surface area contributed by atoms with Crippen LogP contribution in [0.25, 0.3) is 0 Å². The van der Waals surface area contributed by atoms with E-state index in [2.05, 4.69) is 38.9 Å². The van der Waals surface area contributed by atoms with Gasteiger partial charge >= 0.3 is 0 Å². The normalized spacial score (nSPS) is 14.7. The number of hydrogen-bond donors (Lipinski definition) is 1. The van der Waals surface area contributed by atoms with Crippen molar-refractivity contribution in [3.63, 3.8) is 0 Å². The fourth-order valence-corrected chi connectivity index (χ4v) is 4.44. The number of fused-ring (bicyclic) bond motifs is 1. The lowest BCUT2D eigenvalue weighted by atomic mass is 10.0. The fourth-order valence-electron chi connectivity index (χ4n) is 3.67. The van der Waals surface area contributed by atoms with E-state index < -0.39 is 0 Å². The number of pyridine rings is 1. The van der Waals surface area contributed by atoms with Gasteiger partial charge in [-0.25, -0.2) is 4.98 Å². The van der Waals surface area contributed by atoms with Crippen molar-refractivity contribution in [2.24, 2.45) is 5.92 Å². The van der Waals surface area contributed by atoms with Crippen LogP contribution in [-0.2, 0) is 27.3 Å². The quantitative estimate of drug-likeness (QED) is 0.542. The molecule has 0 radical (unpaired) electrons. The van der Waals surface area contributed by atoms with Crippen LogP contribution in [0.1, 0.15) is 44.4 Å². The van der Waals surface area contributed by atoms with E-state index in [9.17, 15) is 9.59 Å². The second-order valence-corrected chi connectivity index (χ2v) is 9.20. The molecule has 0 bridgehead atoms. The van der Waals surface area contributed by atoms with Gasteiger partial charge in [0, 0.05) is 45.8 Å². The smallest absolute Gasteiger partial charge is 0.233 e. The van der Waals surface area contributed by atoms with E-state index in [4.69, 9.17) is 4.74 Å². The topological polar surface area (TPSA) is 102 Å². The number of aromatic nitrogens is 4. The Morgan fingerprint density at radius 3 is 2.78 bits per heavy atom. The Bertz CT molecular complexity index is 889. The number of ether oxygens (including phenoxy) is 1. The van der Waals surface area contributed by atoms with E-state index in [1.54, 1.807) is 13.3 Å². The minimum absolute atomic E-state index is 0.0631. The van der Waals surface area contributed by atoms with Crippen LogP contribution >= 0.6 is 11.8 Å². The lowest BCUT2D eigenvalue weighted by Gasteiger charge is -2.22. The van der Waals surface area contributed by atoms with Crippen molar-refractivity contribution >= 4 is 23.6 Å². The molecule has 0 spiro atoms. The largest absolute Gasteiger partial charge is 0.384 e. The SMILES string of the molecule is COCCC(=O)N[C@H](CC(C)C)c1nnc2n1CCN(C(=O)CSc1ccccn1)CC2. The zero-order valence-corrected chi connectivity index (χ0v) is 19.8. The Morgan fingerprint density at radius 2 is 2.06 bits per heavy atom. The van der Waals surface area contributed by atoms with Gasteiger partial charge < -0.3 is 19.5 Å². The number of nitrogens with one attached hydrogen (secondary N) is 1. The Balaban J connectivity index is 1.64. The van der Waals surface area contributed by atoms with Gasteiger partial charge in [0.05, 0.1) is 23.4 Å². The summed E-state index contributed by atoms with van der Waals surface area (Å²) in [7, 11) is 1.58. The summed E-state index contributed by atoms with van der Waals surface area (Å²) in [6.07, 6.45) is 3.44. The molecule has 2 aromatic rings. The van der Waals surface area contributed by atoms with Gasteiger partial charge in [-0.05, 0) is 24.5 Å². The van der Waals surface area contributed by atoms with E-state index >= 15 is 0 Å². The van der Waals surface area contributed by atoms with Crippen molar-refractivity contribution < 1.29 is 14.3 Å². The minimum atomic E-state index is -0.220. The Kier molecular flexibility index (Phi) is 9.04. The Hall–Kier alpha value is -2.46. The summed E-state index contributed by atoms with van der Waals surface area (Å²) >= 11 is 1.45. The lowest BCUT2D eigenvalue weighted by molar-refractivity contribution is -0.128. The van der Waals surface area contributed by atoms with Crippen molar-refractivity contribution in [3.8, 4) is 0 Å². The number of methoxy groups -OCH3 is 1. The summed E-state index contributed by atoms with van der Waals surface area (Å²) in [6, 6.07) is 5.47. The molecule has 1 N–H and O–H groups in total. The second-order valence-electron chi connectivity index (χ2n) is 8.21. The highest BCUT2D eigenvalue weighted by atomic mass is 32.2. The third-order valence-corrected chi connectivity index (χ3v) is 6.20. The molecule has 9 nitrogen and oxygen atoms in total. The molecule has 0 saturated carbocycles. The number of rotatable bonds is 10. The Labute approximate surface area is 193 Å². The highest BCUT2D eigenvalue weighted by Crippen LogP contribution is 2.23. The minimum Gasteiger partial charge on any atom is -0.384 e. The number of thioether (sulfide) groups is 1. The number of amides is 2.